The number of hydrogen-bond acceptors (Lipinski definition) is 4. The van der Waals surface area contributed by atoms with E-state index in [1.807, 2.05) is 6.92 Å². The summed E-state index contributed by atoms with van der Waals surface area (Å²) < 4.78 is 25.0. The lowest BCUT2D eigenvalue weighted by molar-refractivity contribution is -0.139. The fourth-order valence-corrected chi connectivity index (χ4v) is 4.18. The molecule has 1 aliphatic carbocycles. The molecule has 0 spiro atoms. The van der Waals surface area contributed by atoms with Crippen molar-refractivity contribution in [1.29, 1.82) is 0 Å². The smallest absolute Gasteiger partial charge is 0.326 e. The monoisotopic (exact) mass is 387 g/mol. The summed E-state index contributed by atoms with van der Waals surface area (Å²) in [6.07, 6.45) is 1.60. The molecule has 0 saturated heterocycles. The molecule has 1 amide bonds. The largest absolute Gasteiger partial charge is 0.480 e. The first-order valence-electron chi connectivity index (χ1n) is 8.68. The highest BCUT2D eigenvalue weighted by Gasteiger charge is 2.37. The topological polar surface area (TPSA) is 101 Å². The van der Waals surface area contributed by atoms with E-state index in [0.29, 0.717) is 11.1 Å². The molecular formula is C20H21NO5S. The molecule has 0 radical (unpaired) electrons. The van der Waals surface area contributed by atoms with Crippen LogP contribution in [0.15, 0.2) is 53.4 Å². The minimum absolute atomic E-state index is 0.00891. The van der Waals surface area contributed by atoms with Crippen LogP contribution in [0.25, 0.3) is 0 Å². The number of benzene rings is 2. The van der Waals surface area contributed by atoms with Gasteiger partial charge >= 0.3 is 5.97 Å². The van der Waals surface area contributed by atoms with Crippen molar-refractivity contribution in [2.45, 2.75) is 36.5 Å². The van der Waals surface area contributed by atoms with Gasteiger partial charge in [-0.05, 0) is 55.5 Å². The minimum atomic E-state index is -3.47. The highest BCUT2D eigenvalue weighted by molar-refractivity contribution is 7.90. The Morgan fingerprint density at radius 2 is 1.67 bits per heavy atom. The van der Waals surface area contributed by atoms with E-state index < -0.39 is 27.8 Å². The molecule has 1 saturated carbocycles. The van der Waals surface area contributed by atoms with Crippen LogP contribution in [0, 0.1) is 12.8 Å². The van der Waals surface area contributed by atoms with E-state index in [0.717, 1.165) is 18.4 Å². The van der Waals surface area contributed by atoms with Crippen LogP contribution in [0.1, 0.15) is 34.3 Å². The molecule has 2 aromatic carbocycles. The Labute approximate surface area is 158 Å². The number of carbonyl (C=O) groups excluding carboxylic acids is 1. The molecule has 1 fully saturated rings. The molecule has 3 rings (SSSR count). The van der Waals surface area contributed by atoms with Gasteiger partial charge in [0.15, 0.2) is 9.84 Å². The Balaban J connectivity index is 1.68. The third kappa shape index (κ3) is 4.74. The van der Waals surface area contributed by atoms with Crippen molar-refractivity contribution in [3.05, 3.63) is 65.2 Å². The van der Waals surface area contributed by atoms with Crippen molar-refractivity contribution in [3.8, 4) is 0 Å². The fourth-order valence-electron chi connectivity index (χ4n) is 2.84. The standard InChI is InChI=1S/C20H21NO5S/c1-13-2-10-17(11-3-13)27(25,26)12-14-4-6-16(7-5-14)19(22)21-18(20(23)24)15-8-9-15/h2-7,10-11,15,18H,8-9,12H2,1H3,(H,21,22)(H,23,24). The van der Waals surface area contributed by atoms with Crippen molar-refractivity contribution in [1.82, 2.24) is 5.32 Å². The molecule has 2 N–H and O–H groups in total. The second-order valence-electron chi connectivity index (χ2n) is 6.90. The molecule has 0 heterocycles. The zero-order valence-electron chi connectivity index (χ0n) is 14.9. The lowest BCUT2D eigenvalue weighted by Gasteiger charge is -2.13. The first-order chi connectivity index (χ1) is 12.8. The normalized spacial score (nSPS) is 15.1. The summed E-state index contributed by atoms with van der Waals surface area (Å²) in [5.41, 5.74) is 1.85. The summed E-state index contributed by atoms with van der Waals surface area (Å²) in [5.74, 6) is -1.68. The van der Waals surface area contributed by atoms with Crippen LogP contribution >= 0.6 is 0 Å². The molecule has 0 aromatic heterocycles. The predicted molar refractivity (Wildman–Crippen MR) is 100 cm³/mol. The summed E-state index contributed by atoms with van der Waals surface area (Å²) in [6, 6.07) is 12.0. The van der Waals surface area contributed by atoms with Crippen LogP contribution in [-0.2, 0) is 20.4 Å². The lowest BCUT2D eigenvalue weighted by Crippen LogP contribution is -2.42. The number of aryl methyl sites for hydroxylation is 1. The van der Waals surface area contributed by atoms with Crippen LogP contribution in [-0.4, -0.2) is 31.4 Å². The van der Waals surface area contributed by atoms with E-state index in [9.17, 15) is 23.1 Å². The van der Waals surface area contributed by atoms with Crippen LogP contribution in [0.3, 0.4) is 0 Å². The second-order valence-corrected chi connectivity index (χ2v) is 8.89. The van der Waals surface area contributed by atoms with Crippen molar-refractivity contribution < 1.29 is 23.1 Å². The number of rotatable bonds is 7. The van der Waals surface area contributed by atoms with E-state index in [4.69, 9.17) is 0 Å². The summed E-state index contributed by atoms with van der Waals surface area (Å²) in [4.78, 5) is 23.7. The number of nitrogens with one attached hydrogen (secondary N) is 1. The number of carboxylic acids is 1. The molecule has 0 aliphatic heterocycles. The third-order valence-electron chi connectivity index (χ3n) is 4.60. The highest BCUT2D eigenvalue weighted by atomic mass is 32.2. The Hall–Kier alpha value is -2.67. The predicted octanol–water partition coefficient (Wildman–Crippen LogP) is 2.56. The Kier molecular flexibility index (Phi) is 5.32. The molecular weight excluding hydrogens is 366 g/mol. The fraction of sp³-hybridized carbons (Fsp3) is 0.300. The van der Waals surface area contributed by atoms with Gasteiger partial charge in [0.25, 0.3) is 5.91 Å². The number of amides is 1. The van der Waals surface area contributed by atoms with Gasteiger partial charge in [0.2, 0.25) is 0 Å². The maximum atomic E-state index is 12.5. The number of carbonyl (C=O) groups is 2. The quantitative estimate of drug-likeness (QED) is 0.760. The molecule has 7 heteroatoms. The van der Waals surface area contributed by atoms with Gasteiger partial charge in [0.1, 0.15) is 6.04 Å². The lowest BCUT2D eigenvalue weighted by atomic mass is 10.1. The van der Waals surface area contributed by atoms with Gasteiger partial charge in [-0.25, -0.2) is 13.2 Å². The molecule has 1 atom stereocenters. The van der Waals surface area contributed by atoms with Crippen LogP contribution < -0.4 is 5.32 Å². The van der Waals surface area contributed by atoms with Crippen LogP contribution in [0.2, 0.25) is 0 Å². The molecule has 0 bridgehead atoms. The van der Waals surface area contributed by atoms with Crippen molar-refractivity contribution in [2.24, 2.45) is 5.92 Å². The number of sulfone groups is 1. The zero-order valence-corrected chi connectivity index (χ0v) is 15.7. The molecule has 1 aliphatic rings. The Bertz CT molecular complexity index is 945. The van der Waals surface area contributed by atoms with E-state index in [-0.39, 0.29) is 16.6 Å². The van der Waals surface area contributed by atoms with Crippen molar-refractivity contribution in [2.75, 3.05) is 0 Å². The SMILES string of the molecule is Cc1ccc(S(=O)(=O)Cc2ccc(C(=O)NC(C(=O)O)C3CC3)cc2)cc1. The highest BCUT2D eigenvalue weighted by Crippen LogP contribution is 2.32. The number of carboxylic acid groups (broad SMARTS) is 1. The summed E-state index contributed by atoms with van der Waals surface area (Å²) in [5, 5.41) is 11.7. The maximum Gasteiger partial charge on any atom is 0.326 e. The Morgan fingerprint density at radius 3 is 2.19 bits per heavy atom. The summed E-state index contributed by atoms with van der Waals surface area (Å²) in [6.45, 7) is 1.89. The average Bonchev–Trinajstić information content (AvgIpc) is 3.44. The average molecular weight is 387 g/mol. The maximum absolute atomic E-state index is 12.5. The van der Waals surface area contributed by atoms with Crippen LogP contribution in [0.5, 0.6) is 0 Å². The first-order valence-corrected chi connectivity index (χ1v) is 10.3. The number of hydrogen-bond donors (Lipinski definition) is 2. The van der Waals surface area contributed by atoms with Crippen molar-refractivity contribution in [3.63, 3.8) is 0 Å². The summed E-state index contributed by atoms with van der Waals surface area (Å²) in [7, 11) is -3.47. The van der Waals surface area contributed by atoms with Crippen molar-refractivity contribution >= 4 is 21.7 Å². The summed E-state index contributed by atoms with van der Waals surface area (Å²) >= 11 is 0. The minimum Gasteiger partial charge on any atom is -0.480 e. The van der Waals surface area contributed by atoms with E-state index >= 15 is 0 Å². The molecule has 2 aromatic rings. The molecule has 6 nitrogen and oxygen atoms in total. The molecule has 27 heavy (non-hydrogen) atoms. The van der Waals surface area contributed by atoms with E-state index in [1.54, 1.807) is 36.4 Å². The van der Waals surface area contributed by atoms with Gasteiger partial charge in [0, 0.05) is 5.56 Å². The van der Waals surface area contributed by atoms with E-state index in [2.05, 4.69) is 5.32 Å². The number of aliphatic carboxylic acids is 1. The third-order valence-corrected chi connectivity index (χ3v) is 6.30. The second kappa shape index (κ2) is 7.52. The van der Waals surface area contributed by atoms with Crippen LogP contribution in [0.4, 0.5) is 0 Å². The van der Waals surface area contributed by atoms with Gasteiger partial charge in [-0.1, -0.05) is 29.8 Å². The first kappa shape index (κ1) is 19.1. The van der Waals surface area contributed by atoms with Gasteiger partial charge in [-0.3, -0.25) is 4.79 Å². The van der Waals surface area contributed by atoms with E-state index in [1.165, 1.54) is 12.1 Å². The van der Waals surface area contributed by atoms with Gasteiger partial charge in [-0.2, -0.15) is 0 Å². The Morgan fingerprint density at radius 1 is 1.07 bits per heavy atom. The molecule has 142 valence electrons. The molecule has 1 unspecified atom stereocenters. The zero-order chi connectivity index (χ0) is 19.6. The van der Waals surface area contributed by atoms with Gasteiger partial charge < -0.3 is 10.4 Å². The van der Waals surface area contributed by atoms with Gasteiger partial charge in [0.05, 0.1) is 10.6 Å². The van der Waals surface area contributed by atoms with Gasteiger partial charge in [-0.15, -0.1) is 0 Å².